The van der Waals surface area contributed by atoms with Crippen LogP contribution in [0.5, 0.6) is 0 Å². The zero-order valence-electron chi connectivity index (χ0n) is 14.3. The predicted octanol–water partition coefficient (Wildman–Crippen LogP) is 1.05. The Bertz CT molecular complexity index is 702. The number of hydrogen-bond donors (Lipinski definition) is 0. The summed E-state index contributed by atoms with van der Waals surface area (Å²) in [6, 6.07) is 2.11. The first-order valence-corrected chi connectivity index (χ1v) is 9.15. The lowest BCUT2D eigenvalue weighted by Gasteiger charge is -2.32. The van der Waals surface area contributed by atoms with Crippen LogP contribution < -0.4 is 0 Å². The van der Waals surface area contributed by atoms with E-state index in [1.165, 1.54) is 17.5 Å². The summed E-state index contributed by atoms with van der Waals surface area (Å²) in [5.41, 5.74) is 2.27. The van der Waals surface area contributed by atoms with Gasteiger partial charge in [-0.15, -0.1) is 5.10 Å². The molecule has 9 heteroatoms. The van der Waals surface area contributed by atoms with Crippen LogP contribution in [0.15, 0.2) is 11.2 Å². The molecule has 1 aliphatic rings. The number of carbonyl (C=O) groups is 1. The van der Waals surface area contributed by atoms with Gasteiger partial charge >= 0.3 is 0 Å². The molecule has 0 spiro atoms. The van der Waals surface area contributed by atoms with E-state index in [1.54, 1.807) is 11.7 Å². The van der Waals surface area contributed by atoms with Crippen molar-refractivity contribution in [2.45, 2.75) is 38.4 Å². The molecule has 130 valence electrons. The van der Waals surface area contributed by atoms with Crippen molar-refractivity contribution in [1.29, 1.82) is 0 Å². The highest BCUT2D eigenvalue weighted by atomic mass is 32.2. The first-order valence-electron chi connectivity index (χ1n) is 8.17. The first-order chi connectivity index (χ1) is 11.5. The Kier molecular flexibility index (Phi) is 5.17. The molecule has 1 fully saturated rings. The number of hydrogen-bond acceptors (Lipinski definition) is 6. The van der Waals surface area contributed by atoms with Crippen molar-refractivity contribution in [3.05, 3.63) is 17.5 Å². The van der Waals surface area contributed by atoms with Gasteiger partial charge < -0.3 is 4.90 Å². The summed E-state index contributed by atoms with van der Waals surface area (Å²) in [7, 11) is 1.78. The smallest absolute Gasteiger partial charge is 0.233 e. The van der Waals surface area contributed by atoms with Gasteiger partial charge in [-0.1, -0.05) is 11.8 Å². The summed E-state index contributed by atoms with van der Waals surface area (Å²) >= 11 is 1.39. The van der Waals surface area contributed by atoms with Gasteiger partial charge in [0.15, 0.2) is 0 Å². The minimum absolute atomic E-state index is 0.160. The second kappa shape index (κ2) is 7.33. The van der Waals surface area contributed by atoms with Crippen molar-refractivity contribution in [3.8, 4) is 0 Å². The third kappa shape index (κ3) is 3.95. The van der Waals surface area contributed by atoms with Gasteiger partial charge in [-0.2, -0.15) is 5.10 Å². The minimum Gasteiger partial charge on any atom is -0.342 e. The zero-order chi connectivity index (χ0) is 17.1. The molecule has 3 rings (SSSR count). The van der Waals surface area contributed by atoms with Crippen LogP contribution in [-0.4, -0.2) is 59.6 Å². The third-order valence-electron chi connectivity index (χ3n) is 4.41. The molecular weight excluding hydrogens is 326 g/mol. The number of nitrogens with zero attached hydrogens (tertiary/aromatic N) is 7. The Labute approximate surface area is 145 Å². The summed E-state index contributed by atoms with van der Waals surface area (Å²) in [5, 5.41) is 16.4. The van der Waals surface area contributed by atoms with E-state index in [0.29, 0.717) is 16.8 Å². The highest BCUT2D eigenvalue weighted by Gasteiger charge is 2.24. The van der Waals surface area contributed by atoms with Gasteiger partial charge in [0, 0.05) is 32.4 Å². The normalized spacial score (nSPS) is 15.9. The molecule has 1 amide bonds. The fraction of sp³-hybridized carbons (Fsp3) is 0.667. The second-order valence-corrected chi connectivity index (χ2v) is 7.25. The number of amides is 1. The van der Waals surface area contributed by atoms with E-state index in [0.717, 1.165) is 38.2 Å². The number of aromatic nitrogens is 6. The average Bonchev–Trinajstić information content (AvgIpc) is 3.11. The molecule has 0 radical (unpaired) electrons. The van der Waals surface area contributed by atoms with E-state index in [9.17, 15) is 4.79 Å². The van der Waals surface area contributed by atoms with Crippen LogP contribution in [0, 0.1) is 19.8 Å². The molecule has 8 nitrogen and oxygen atoms in total. The number of likely N-dealkylation sites (tertiary alicyclic amines) is 1. The van der Waals surface area contributed by atoms with Crippen LogP contribution in [-0.2, 0) is 18.4 Å². The van der Waals surface area contributed by atoms with E-state index < -0.39 is 0 Å². The number of aryl methyl sites for hydroxylation is 3. The largest absolute Gasteiger partial charge is 0.342 e. The van der Waals surface area contributed by atoms with Gasteiger partial charge in [-0.25, -0.2) is 4.68 Å². The summed E-state index contributed by atoms with van der Waals surface area (Å²) in [6.45, 7) is 6.70. The van der Waals surface area contributed by atoms with Gasteiger partial charge in [0.05, 0.1) is 11.4 Å². The highest BCUT2D eigenvalue weighted by molar-refractivity contribution is 7.99. The molecule has 0 unspecified atom stereocenters. The molecule has 0 bridgehead atoms. The average molecular weight is 349 g/mol. The van der Waals surface area contributed by atoms with Gasteiger partial charge in [0.25, 0.3) is 0 Å². The summed E-state index contributed by atoms with van der Waals surface area (Å²) < 4.78 is 3.67. The Balaban J connectivity index is 1.45. The molecule has 0 atom stereocenters. The molecule has 2 aromatic rings. The van der Waals surface area contributed by atoms with Crippen LogP contribution in [0.1, 0.15) is 24.2 Å². The van der Waals surface area contributed by atoms with Crippen LogP contribution in [0.2, 0.25) is 0 Å². The minimum atomic E-state index is 0.160. The highest BCUT2D eigenvalue weighted by Crippen LogP contribution is 2.21. The first kappa shape index (κ1) is 16.9. The fourth-order valence-corrected chi connectivity index (χ4v) is 3.78. The number of rotatable bonds is 5. The Morgan fingerprint density at radius 3 is 2.67 bits per heavy atom. The maximum absolute atomic E-state index is 12.3. The lowest BCUT2D eigenvalue weighted by Crippen LogP contribution is -2.40. The predicted molar refractivity (Wildman–Crippen MR) is 90.5 cm³/mol. The van der Waals surface area contributed by atoms with Gasteiger partial charge in [-0.05, 0) is 49.1 Å². The van der Waals surface area contributed by atoms with E-state index in [-0.39, 0.29) is 5.91 Å². The number of carbonyl (C=O) groups excluding carboxylic acids is 1. The maximum atomic E-state index is 12.3. The molecule has 1 aliphatic heterocycles. The molecule has 1 saturated heterocycles. The van der Waals surface area contributed by atoms with Crippen LogP contribution >= 0.6 is 11.8 Å². The van der Waals surface area contributed by atoms with Gasteiger partial charge in [0.1, 0.15) is 0 Å². The lowest BCUT2D eigenvalue weighted by molar-refractivity contribution is -0.129. The number of thioether (sulfide) groups is 1. The van der Waals surface area contributed by atoms with Crippen LogP contribution in [0.4, 0.5) is 0 Å². The fourth-order valence-electron chi connectivity index (χ4n) is 3.03. The molecule has 0 aliphatic carbocycles. The Morgan fingerprint density at radius 1 is 1.33 bits per heavy atom. The van der Waals surface area contributed by atoms with Crippen LogP contribution in [0.25, 0.3) is 0 Å². The Morgan fingerprint density at radius 2 is 2.08 bits per heavy atom. The molecule has 3 heterocycles. The van der Waals surface area contributed by atoms with E-state index in [1.807, 2.05) is 11.8 Å². The van der Waals surface area contributed by atoms with Crippen molar-refractivity contribution >= 4 is 17.7 Å². The molecular formula is C15H23N7OS. The van der Waals surface area contributed by atoms with E-state index in [4.69, 9.17) is 0 Å². The summed E-state index contributed by atoms with van der Waals surface area (Å²) in [5.74, 6) is 1.13. The molecule has 0 N–H and O–H groups in total. The maximum Gasteiger partial charge on any atom is 0.233 e. The monoisotopic (exact) mass is 349 g/mol. The molecule has 0 aromatic carbocycles. The quantitative estimate of drug-likeness (QED) is 0.751. The standard InChI is InChI=1S/C15H23N7OS/c1-11-8-12(2)22(17-11)9-13-4-6-21(7-5-13)14(23)10-24-15-16-18-19-20(15)3/h8,13H,4-7,9-10H2,1-3H3. The molecule has 0 saturated carbocycles. The lowest BCUT2D eigenvalue weighted by atomic mass is 9.97. The Hall–Kier alpha value is -1.90. The van der Waals surface area contributed by atoms with Crippen molar-refractivity contribution in [1.82, 2.24) is 34.9 Å². The van der Waals surface area contributed by atoms with Crippen LogP contribution in [0.3, 0.4) is 0 Å². The second-order valence-electron chi connectivity index (χ2n) is 6.31. The molecule has 24 heavy (non-hydrogen) atoms. The zero-order valence-corrected chi connectivity index (χ0v) is 15.2. The third-order valence-corrected chi connectivity index (χ3v) is 5.40. The number of piperidine rings is 1. The summed E-state index contributed by atoms with van der Waals surface area (Å²) in [6.07, 6.45) is 2.06. The van der Waals surface area contributed by atoms with Gasteiger partial charge in [0.2, 0.25) is 11.1 Å². The van der Waals surface area contributed by atoms with Crippen molar-refractivity contribution in [3.63, 3.8) is 0 Å². The van der Waals surface area contributed by atoms with E-state index >= 15 is 0 Å². The van der Waals surface area contributed by atoms with E-state index in [2.05, 4.69) is 38.3 Å². The van der Waals surface area contributed by atoms with Crippen molar-refractivity contribution in [2.24, 2.45) is 13.0 Å². The van der Waals surface area contributed by atoms with Crippen molar-refractivity contribution in [2.75, 3.05) is 18.8 Å². The van der Waals surface area contributed by atoms with Crippen molar-refractivity contribution < 1.29 is 4.79 Å². The SMILES string of the molecule is Cc1cc(C)n(CC2CCN(C(=O)CSc3nnnn3C)CC2)n1. The number of tetrazole rings is 1. The summed E-state index contributed by atoms with van der Waals surface area (Å²) in [4.78, 5) is 14.3. The molecule has 2 aromatic heterocycles. The topological polar surface area (TPSA) is 81.7 Å². The van der Waals surface area contributed by atoms with Gasteiger partial charge in [-0.3, -0.25) is 9.48 Å².